The molecule has 0 aliphatic heterocycles. The van der Waals surface area contributed by atoms with Crippen LogP contribution in [0.4, 0.5) is 0 Å². The Bertz CT molecular complexity index is 610. The first-order chi connectivity index (χ1) is 9.99. The van der Waals surface area contributed by atoms with E-state index in [9.17, 15) is 5.11 Å². The molecule has 2 aromatic rings. The summed E-state index contributed by atoms with van der Waals surface area (Å²) in [5.41, 5.74) is 4.17. The zero-order chi connectivity index (χ0) is 15.4. The quantitative estimate of drug-likeness (QED) is 0.892. The molecule has 0 bridgehead atoms. The lowest BCUT2D eigenvalue weighted by molar-refractivity contribution is 0.0184. The number of aliphatic hydroxyl groups excluding tert-OH is 1. The van der Waals surface area contributed by atoms with E-state index in [1.54, 1.807) is 0 Å². The van der Waals surface area contributed by atoms with Gasteiger partial charge in [-0.1, -0.05) is 29.8 Å². The van der Waals surface area contributed by atoms with Gasteiger partial charge >= 0.3 is 0 Å². The molecule has 0 aliphatic carbocycles. The second kappa shape index (κ2) is 7.07. The SMILES string of the molecule is Cc1nn(C[C@H](O)COCc2ccccc2Cl)c(C)c1C. The van der Waals surface area contributed by atoms with Gasteiger partial charge in [0.05, 0.1) is 31.6 Å². The topological polar surface area (TPSA) is 47.3 Å². The van der Waals surface area contributed by atoms with E-state index in [4.69, 9.17) is 16.3 Å². The molecule has 4 nitrogen and oxygen atoms in total. The molecule has 1 aromatic heterocycles. The Hall–Kier alpha value is -1.36. The van der Waals surface area contributed by atoms with Crippen molar-refractivity contribution < 1.29 is 9.84 Å². The van der Waals surface area contributed by atoms with E-state index in [-0.39, 0.29) is 6.61 Å². The van der Waals surface area contributed by atoms with Gasteiger partial charge in [0.25, 0.3) is 0 Å². The molecule has 0 fully saturated rings. The fourth-order valence-corrected chi connectivity index (χ4v) is 2.33. The molecule has 21 heavy (non-hydrogen) atoms. The largest absolute Gasteiger partial charge is 0.389 e. The second-order valence-corrected chi connectivity index (χ2v) is 5.65. The van der Waals surface area contributed by atoms with Crippen LogP contribution in [0.25, 0.3) is 0 Å². The fraction of sp³-hybridized carbons (Fsp3) is 0.438. The zero-order valence-corrected chi connectivity index (χ0v) is 13.4. The zero-order valence-electron chi connectivity index (χ0n) is 12.6. The highest BCUT2D eigenvalue weighted by molar-refractivity contribution is 6.31. The van der Waals surface area contributed by atoms with Crippen molar-refractivity contribution in [1.29, 1.82) is 0 Å². The smallest absolute Gasteiger partial charge is 0.0969 e. The van der Waals surface area contributed by atoms with Crippen molar-refractivity contribution in [3.63, 3.8) is 0 Å². The normalized spacial score (nSPS) is 12.6. The standard InChI is InChI=1S/C16H21ClN2O2/c1-11-12(2)18-19(13(11)3)8-15(20)10-21-9-14-6-4-5-7-16(14)17/h4-7,15,20H,8-10H2,1-3H3/t15-/m0/s1. The van der Waals surface area contributed by atoms with Crippen molar-refractivity contribution in [3.05, 3.63) is 51.8 Å². The van der Waals surface area contributed by atoms with Crippen LogP contribution in [0.5, 0.6) is 0 Å². The Balaban J connectivity index is 1.84. The van der Waals surface area contributed by atoms with E-state index in [0.717, 1.165) is 17.0 Å². The molecule has 1 heterocycles. The summed E-state index contributed by atoms with van der Waals surface area (Å²) in [6, 6.07) is 7.54. The van der Waals surface area contributed by atoms with Gasteiger partial charge in [0, 0.05) is 10.7 Å². The maximum atomic E-state index is 10.1. The van der Waals surface area contributed by atoms with Gasteiger partial charge in [0.15, 0.2) is 0 Å². The van der Waals surface area contributed by atoms with Crippen molar-refractivity contribution >= 4 is 11.6 Å². The number of hydrogen-bond acceptors (Lipinski definition) is 3. The minimum atomic E-state index is -0.593. The third kappa shape index (κ3) is 4.06. The molecule has 2 rings (SSSR count). The molecule has 0 saturated carbocycles. The van der Waals surface area contributed by atoms with Crippen molar-refractivity contribution in [2.45, 2.75) is 40.0 Å². The third-order valence-electron chi connectivity index (χ3n) is 3.65. The van der Waals surface area contributed by atoms with Crippen LogP contribution in [0.1, 0.15) is 22.5 Å². The Morgan fingerprint density at radius 1 is 1.29 bits per heavy atom. The van der Waals surface area contributed by atoms with Crippen molar-refractivity contribution in [2.75, 3.05) is 6.61 Å². The summed E-state index contributed by atoms with van der Waals surface area (Å²) < 4.78 is 7.36. The van der Waals surface area contributed by atoms with Crippen LogP contribution in [0.15, 0.2) is 24.3 Å². The molecule has 1 N–H and O–H groups in total. The molecular formula is C16H21ClN2O2. The number of aromatic nitrogens is 2. The van der Waals surface area contributed by atoms with Crippen LogP contribution in [0.3, 0.4) is 0 Å². The molecule has 0 spiro atoms. The van der Waals surface area contributed by atoms with Gasteiger partial charge in [-0.3, -0.25) is 4.68 Å². The first-order valence-corrected chi connectivity index (χ1v) is 7.36. The number of nitrogens with zero attached hydrogens (tertiary/aromatic N) is 2. The molecule has 0 radical (unpaired) electrons. The molecule has 1 aromatic carbocycles. The molecular weight excluding hydrogens is 288 g/mol. The van der Waals surface area contributed by atoms with Gasteiger partial charge in [-0.05, 0) is 38.0 Å². The van der Waals surface area contributed by atoms with Crippen LogP contribution in [0.2, 0.25) is 5.02 Å². The van der Waals surface area contributed by atoms with E-state index in [2.05, 4.69) is 5.10 Å². The van der Waals surface area contributed by atoms with Crippen LogP contribution in [-0.2, 0) is 17.9 Å². The molecule has 0 aliphatic rings. The minimum Gasteiger partial charge on any atom is -0.389 e. The van der Waals surface area contributed by atoms with E-state index < -0.39 is 6.10 Å². The van der Waals surface area contributed by atoms with Gasteiger partial charge in [-0.15, -0.1) is 0 Å². The van der Waals surface area contributed by atoms with Gasteiger partial charge in [-0.2, -0.15) is 5.10 Å². The lowest BCUT2D eigenvalue weighted by Crippen LogP contribution is -2.23. The van der Waals surface area contributed by atoms with Gasteiger partial charge in [0.1, 0.15) is 0 Å². The van der Waals surface area contributed by atoms with E-state index in [1.807, 2.05) is 49.7 Å². The number of aryl methyl sites for hydroxylation is 1. The number of hydrogen-bond donors (Lipinski definition) is 1. The fourth-order valence-electron chi connectivity index (χ4n) is 2.14. The van der Waals surface area contributed by atoms with Crippen molar-refractivity contribution in [2.24, 2.45) is 0 Å². The highest BCUT2D eigenvalue weighted by Gasteiger charge is 2.12. The van der Waals surface area contributed by atoms with Crippen LogP contribution < -0.4 is 0 Å². The van der Waals surface area contributed by atoms with Crippen molar-refractivity contribution in [3.8, 4) is 0 Å². The van der Waals surface area contributed by atoms with E-state index in [0.29, 0.717) is 18.2 Å². The molecule has 0 saturated heterocycles. The number of benzene rings is 1. The molecule has 5 heteroatoms. The predicted octanol–water partition coefficient (Wildman–Crippen LogP) is 3.04. The predicted molar refractivity (Wildman–Crippen MR) is 83.6 cm³/mol. The minimum absolute atomic E-state index is 0.253. The Morgan fingerprint density at radius 3 is 2.62 bits per heavy atom. The van der Waals surface area contributed by atoms with Gasteiger partial charge < -0.3 is 9.84 Å². The van der Waals surface area contributed by atoms with Crippen LogP contribution >= 0.6 is 11.6 Å². The third-order valence-corrected chi connectivity index (χ3v) is 4.02. The average Bonchev–Trinajstić information content (AvgIpc) is 2.68. The van der Waals surface area contributed by atoms with E-state index >= 15 is 0 Å². The lowest BCUT2D eigenvalue weighted by Gasteiger charge is -2.13. The van der Waals surface area contributed by atoms with E-state index in [1.165, 1.54) is 5.56 Å². The monoisotopic (exact) mass is 308 g/mol. The maximum Gasteiger partial charge on any atom is 0.0969 e. The summed E-state index contributed by atoms with van der Waals surface area (Å²) in [7, 11) is 0. The first-order valence-electron chi connectivity index (χ1n) is 6.99. The number of ether oxygens (including phenoxy) is 1. The summed E-state index contributed by atoms with van der Waals surface area (Å²) >= 11 is 6.05. The number of aliphatic hydroxyl groups is 1. The Morgan fingerprint density at radius 2 is 2.00 bits per heavy atom. The number of rotatable bonds is 6. The Labute approximate surface area is 130 Å². The molecule has 0 amide bonds. The van der Waals surface area contributed by atoms with Crippen molar-refractivity contribution in [1.82, 2.24) is 9.78 Å². The molecule has 114 valence electrons. The molecule has 0 unspecified atom stereocenters. The number of halogens is 1. The summed E-state index contributed by atoms with van der Waals surface area (Å²) in [6.07, 6.45) is -0.593. The average molecular weight is 309 g/mol. The summed E-state index contributed by atoms with van der Waals surface area (Å²) in [5, 5.41) is 15.1. The lowest BCUT2D eigenvalue weighted by atomic mass is 10.2. The summed E-state index contributed by atoms with van der Waals surface area (Å²) in [5.74, 6) is 0. The first kappa shape index (κ1) is 16.0. The highest BCUT2D eigenvalue weighted by atomic mass is 35.5. The molecule has 1 atom stereocenters. The highest BCUT2D eigenvalue weighted by Crippen LogP contribution is 2.16. The second-order valence-electron chi connectivity index (χ2n) is 5.24. The Kier molecular flexibility index (Phi) is 5.39. The van der Waals surface area contributed by atoms with Crippen LogP contribution in [0, 0.1) is 20.8 Å². The van der Waals surface area contributed by atoms with Gasteiger partial charge in [-0.25, -0.2) is 0 Å². The summed E-state index contributed by atoms with van der Waals surface area (Å²) in [4.78, 5) is 0. The van der Waals surface area contributed by atoms with Gasteiger partial charge in [0.2, 0.25) is 0 Å². The maximum absolute atomic E-state index is 10.1. The van der Waals surface area contributed by atoms with Crippen LogP contribution in [-0.4, -0.2) is 27.6 Å². The summed E-state index contributed by atoms with van der Waals surface area (Å²) in [6.45, 7) is 7.10.